The van der Waals surface area contributed by atoms with Crippen LogP contribution in [0.4, 0.5) is 5.69 Å². The van der Waals surface area contributed by atoms with Gasteiger partial charge in [-0.3, -0.25) is 9.59 Å². The summed E-state index contributed by atoms with van der Waals surface area (Å²) in [6, 6.07) is 11.2. The van der Waals surface area contributed by atoms with Crippen LogP contribution in [0.5, 0.6) is 5.75 Å². The van der Waals surface area contributed by atoms with E-state index in [-0.39, 0.29) is 18.3 Å². The van der Waals surface area contributed by atoms with E-state index in [0.29, 0.717) is 22.6 Å². The number of nitrogens with one attached hydrogen (secondary N) is 1. The summed E-state index contributed by atoms with van der Waals surface area (Å²) in [4.78, 5) is 35.2. The zero-order valence-electron chi connectivity index (χ0n) is 14.3. The Hall–Kier alpha value is -3.15. The van der Waals surface area contributed by atoms with Crippen LogP contribution in [0.1, 0.15) is 39.6 Å². The molecule has 0 atom stereocenters. The van der Waals surface area contributed by atoms with Crippen LogP contribution in [0.25, 0.3) is 0 Å². The summed E-state index contributed by atoms with van der Waals surface area (Å²) in [5, 5.41) is 2.76. The number of methoxy groups -OCH3 is 1. The number of rotatable bonds is 5. The number of benzene rings is 2. The number of amides is 1. The van der Waals surface area contributed by atoms with Crippen LogP contribution in [0.3, 0.4) is 0 Å². The summed E-state index contributed by atoms with van der Waals surface area (Å²) in [5.74, 6) is -0.768. The highest BCUT2D eigenvalue weighted by Crippen LogP contribution is 2.19. The first-order valence-electron chi connectivity index (χ1n) is 7.75. The maximum Gasteiger partial charge on any atom is 0.337 e. The summed E-state index contributed by atoms with van der Waals surface area (Å²) in [5.41, 5.74) is 2.09. The van der Waals surface area contributed by atoms with Gasteiger partial charge in [-0.2, -0.15) is 0 Å². The molecule has 6 nitrogen and oxygen atoms in total. The molecule has 0 aliphatic rings. The maximum atomic E-state index is 12.4. The van der Waals surface area contributed by atoms with Gasteiger partial charge in [0.25, 0.3) is 5.91 Å². The van der Waals surface area contributed by atoms with Gasteiger partial charge in [-0.1, -0.05) is 13.0 Å². The highest BCUT2D eigenvalue weighted by Gasteiger charge is 2.12. The summed E-state index contributed by atoms with van der Waals surface area (Å²) < 4.78 is 9.75. The number of hydrogen-bond donors (Lipinski definition) is 1. The molecular weight excluding hydrogens is 322 g/mol. The Kier molecular flexibility index (Phi) is 5.89. The van der Waals surface area contributed by atoms with E-state index >= 15 is 0 Å². The molecule has 0 bridgehead atoms. The van der Waals surface area contributed by atoms with Crippen LogP contribution >= 0.6 is 0 Å². The Morgan fingerprint density at radius 2 is 1.64 bits per heavy atom. The van der Waals surface area contributed by atoms with Crippen molar-refractivity contribution in [3.8, 4) is 5.75 Å². The van der Waals surface area contributed by atoms with Crippen LogP contribution < -0.4 is 10.1 Å². The van der Waals surface area contributed by atoms with Crippen molar-refractivity contribution in [3.63, 3.8) is 0 Å². The van der Waals surface area contributed by atoms with Gasteiger partial charge < -0.3 is 14.8 Å². The van der Waals surface area contributed by atoms with Crippen molar-refractivity contribution in [3.05, 3.63) is 59.2 Å². The molecule has 25 heavy (non-hydrogen) atoms. The largest absolute Gasteiger partial charge is 0.465 e. The van der Waals surface area contributed by atoms with Crippen molar-refractivity contribution in [2.75, 3.05) is 12.4 Å². The van der Waals surface area contributed by atoms with Crippen molar-refractivity contribution in [2.45, 2.75) is 20.3 Å². The number of aryl methyl sites for hydroxylation is 1. The number of esters is 2. The fourth-order valence-electron chi connectivity index (χ4n) is 2.07. The second-order valence-electron chi connectivity index (χ2n) is 5.33. The lowest BCUT2D eigenvalue weighted by molar-refractivity contribution is -0.134. The van der Waals surface area contributed by atoms with Crippen molar-refractivity contribution >= 4 is 23.5 Å². The first-order valence-corrected chi connectivity index (χ1v) is 7.75. The average Bonchev–Trinajstić information content (AvgIpc) is 2.63. The first-order chi connectivity index (χ1) is 11.9. The monoisotopic (exact) mass is 341 g/mol. The maximum absolute atomic E-state index is 12.4. The number of carbonyl (C=O) groups is 3. The second kappa shape index (κ2) is 8.10. The minimum Gasteiger partial charge on any atom is -0.465 e. The molecule has 0 aromatic heterocycles. The molecule has 2 aromatic rings. The molecule has 0 aliphatic carbocycles. The van der Waals surface area contributed by atoms with Gasteiger partial charge in [-0.05, 0) is 48.9 Å². The molecular formula is C19H19NO5. The van der Waals surface area contributed by atoms with Crippen LogP contribution in [0.15, 0.2) is 42.5 Å². The fourth-order valence-corrected chi connectivity index (χ4v) is 2.07. The summed E-state index contributed by atoms with van der Waals surface area (Å²) in [6.07, 6.45) is 0.276. The predicted molar refractivity (Wildman–Crippen MR) is 92.8 cm³/mol. The predicted octanol–water partition coefficient (Wildman–Crippen LogP) is 3.35. The third kappa shape index (κ3) is 4.67. The minimum absolute atomic E-state index is 0.276. The number of ether oxygens (including phenoxy) is 2. The van der Waals surface area contributed by atoms with E-state index in [1.54, 1.807) is 49.4 Å². The van der Waals surface area contributed by atoms with Gasteiger partial charge >= 0.3 is 11.9 Å². The number of hydrogen-bond acceptors (Lipinski definition) is 5. The number of carbonyl (C=O) groups excluding carboxylic acids is 3. The topological polar surface area (TPSA) is 81.7 Å². The molecule has 6 heteroatoms. The van der Waals surface area contributed by atoms with E-state index in [1.165, 1.54) is 7.11 Å². The van der Waals surface area contributed by atoms with Gasteiger partial charge in [-0.25, -0.2) is 4.79 Å². The Balaban J connectivity index is 2.14. The van der Waals surface area contributed by atoms with Gasteiger partial charge in [-0.15, -0.1) is 0 Å². The van der Waals surface area contributed by atoms with Crippen LogP contribution in [-0.4, -0.2) is 25.0 Å². The van der Waals surface area contributed by atoms with Gasteiger partial charge in [0.05, 0.1) is 12.7 Å². The van der Waals surface area contributed by atoms with E-state index in [4.69, 9.17) is 4.74 Å². The summed E-state index contributed by atoms with van der Waals surface area (Å²) >= 11 is 0. The van der Waals surface area contributed by atoms with Crippen LogP contribution in [0.2, 0.25) is 0 Å². The standard InChI is InChI=1S/C19H19NO5/c1-4-17(21)25-15-9-7-13(8-10-15)18(22)20-16-11-14(19(23)24-3)6-5-12(16)2/h5-11H,4H2,1-3H3,(H,20,22). The molecule has 1 amide bonds. The molecule has 2 rings (SSSR count). The Morgan fingerprint density at radius 1 is 1.00 bits per heavy atom. The Bertz CT molecular complexity index is 796. The SMILES string of the molecule is CCC(=O)Oc1ccc(C(=O)Nc2cc(C(=O)OC)ccc2C)cc1. The fraction of sp³-hybridized carbons (Fsp3) is 0.211. The molecule has 0 saturated carbocycles. The van der Waals surface area contributed by atoms with E-state index in [1.807, 2.05) is 6.92 Å². The van der Waals surface area contributed by atoms with E-state index in [0.717, 1.165) is 5.56 Å². The lowest BCUT2D eigenvalue weighted by atomic mass is 10.1. The molecule has 0 heterocycles. The lowest BCUT2D eigenvalue weighted by Crippen LogP contribution is -2.14. The van der Waals surface area contributed by atoms with Crippen molar-refractivity contribution in [1.82, 2.24) is 0 Å². The van der Waals surface area contributed by atoms with Crippen LogP contribution in [0, 0.1) is 6.92 Å². The molecule has 0 spiro atoms. The molecule has 0 radical (unpaired) electrons. The van der Waals surface area contributed by atoms with Crippen molar-refractivity contribution < 1.29 is 23.9 Å². The Labute approximate surface area is 145 Å². The van der Waals surface area contributed by atoms with Gasteiger partial charge in [0, 0.05) is 17.7 Å². The second-order valence-corrected chi connectivity index (χ2v) is 5.33. The smallest absolute Gasteiger partial charge is 0.337 e. The van der Waals surface area contributed by atoms with E-state index in [2.05, 4.69) is 10.1 Å². The van der Waals surface area contributed by atoms with E-state index < -0.39 is 5.97 Å². The first kappa shape index (κ1) is 18.2. The third-order valence-corrected chi connectivity index (χ3v) is 3.54. The highest BCUT2D eigenvalue weighted by atomic mass is 16.5. The average molecular weight is 341 g/mol. The summed E-state index contributed by atoms with van der Waals surface area (Å²) in [6.45, 7) is 3.53. The van der Waals surface area contributed by atoms with Crippen molar-refractivity contribution in [1.29, 1.82) is 0 Å². The molecule has 0 fully saturated rings. The van der Waals surface area contributed by atoms with E-state index in [9.17, 15) is 14.4 Å². The minimum atomic E-state index is -0.474. The third-order valence-electron chi connectivity index (χ3n) is 3.54. The number of anilines is 1. The molecule has 0 aliphatic heterocycles. The lowest BCUT2D eigenvalue weighted by Gasteiger charge is -2.10. The molecule has 130 valence electrons. The van der Waals surface area contributed by atoms with Gasteiger partial charge in [0.2, 0.25) is 0 Å². The highest BCUT2D eigenvalue weighted by molar-refractivity contribution is 6.05. The zero-order valence-corrected chi connectivity index (χ0v) is 14.3. The Morgan fingerprint density at radius 3 is 2.24 bits per heavy atom. The quantitative estimate of drug-likeness (QED) is 0.666. The van der Waals surface area contributed by atoms with Gasteiger partial charge in [0.15, 0.2) is 0 Å². The molecule has 1 N–H and O–H groups in total. The normalized spacial score (nSPS) is 10.0. The molecule has 0 saturated heterocycles. The van der Waals surface area contributed by atoms with Crippen molar-refractivity contribution in [2.24, 2.45) is 0 Å². The zero-order chi connectivity index (χ0) is 18.4. The molecule has 0 unspecified atom stereocenters. The van der Waals surface area contributed by atoms with Gasteiger partial charge in [0.1, 0.15) is 5.75 Å². The van der Waals surface area contributed by atoms with Crippen LogP contribution in [-0.2, 0) is 9.53 Å². The molecule has 2 aromatic carbocycles. The summed E-state index contributed by atoms with van der Waals surface area (Å²) in [7, 11) is 1.30.